The highest BCUT2D eigenvalue weighted by Crippen LogP contribution is 2.27. The fourth-order valence-electron chi connectivity index (χ4n) is 2.55. The maximum Gasteiger partial charge on any atom is 0.249 e. The summed E-state index contributed by atoms with van der Waals surface area (Å²) in [5, 5.41) is 0. The van der Waals surface area contributed by atoms with E-state index in [0.717, 1.165) is 42.6 Å². The zero-order valence-corrected chi connectivity index (χ0v) is 16.3. The Labute approximate surface area is 163 Å². The molecule has 0 aliphatic rings. The molecular formula is C24H31NO2. The van der Waals surface area contributed by atoms with Gasteiger partial charge in [0.15, 0.2) is 0 Å². The van der Waals surface area contributed by atoms with Gasteiger partial charge in [0.25, 0.3) is 0 Å². The molecule has 0 heterocycles. The lowest BCUT2D eigenvalue weighted by molar-refractivity contribution is 0.1000. The number of hydrogen-bond acceptors (Lipinski definition) is 2. The van der Waals surface area contributed by atoms with Gasteiger partial charge in [-0.25, -0.2) is 0 Å². The third kappa shape index (κ3) is 8.41. The fourth-order valence-corrected chi connectivity index (χ4v) is 2.55. The first-order valence-corrected chi connectivity index (χ1v) is 9.45. The maximum atomic E-state index is 11.9. The lowest BCUT2D eigenvalue weighted by Crippen LogP contribution is -2.13. The molecule has 1 rings (SSSR count). The van der Waals surface area contributed by atoms with Gasteiger partial charge >= 0.3 is 0 Å². The molecule has 3 heteroatoms. The van der Waals surface area contributed by atoms with Crippen LogP contribution in [-0.4, -0.2) is 12.5 Å². The van der Waals surface area contributed by atoms with Crippen molar-refractivity contribution in [3.05, 3.63) is 85.0 Å². The van der Waals surface area contributed by atoms with Gasteiger partial charge in [-0.15, -0.1) is 13.2 Å². The van der Waals surface area contributed by atoms with Gasteiger partial charge in [0.05, 0.1) is 6.61 Å². The molecule has 1 aromatic rings. The lowest BCUT2D eigenvalue weighted by atomic mass is 9.96. The van der Waals surface area contributed by atoms with Gasteiger partial charge in [0, 0.05) is 5.56 Å². The Hall–Kier alpha value is -2.81. The van der Waals surface area contributed by atoms with E-state index in [-0.39, 0.29) is 0 Å². The monoisotopic (exact) mass is 365 g/mol. The summed E-state index contributed by atoms with van der Waals surface area (Å²) in [7, 11) is 0. The first-order chi connectivity index (χ1) is 13.1. The lowest BCUT2D eigenvalue weighted by Gasteiger charge is -2.13. The average Bonchev–Trinajstić information content (AvgIpc) is 2.66. The van der Waals surface area contributed by atoms with E-state index >= 15 is 0 Å². The number of nitrogens with two attached hydrogens (primary N) is 1. The van der Waals surface area contributed by atoms with Gasteiger partial charge < -0.3 is 10.5 Å². The van der Waals surface area contributed by atoms with Crippen LogP contribution >= 0.6 is 0 Å². The number of hydrogen-bond donors (Lipinski definition) is 1. The minimum absolute atomic E-state index is 0.452. The van der Waals surface area contributed by atoms with E-state index in [4.69, 9.17) is 10.5 Å². The molecule has 0 fully saturated rings. The van der Waals surface area contributed by atoms with Crippen molar-refractivity contribution in [3.63, 3.8) is 0 Å². The highest BCUT2D eigenvalue weighted by Gasteiger charge is 2.12. The van der Waals surface area contributed by atoms with E-state index in [9.17, 15) is 4.79 Å². The minimum Gasteiger partial charge on any atom is -0.494 e. The zero-order chi connectivity index (χ0) is 19.9. The first-order valence-electron chi connectivity index (χ1n) is 9.45. The highest BCUT2D eigenvalue weighted by molar-refractivity contribution is 5.98. The van der Waals surface area contributed by atoms with Gasteiger partial charge in [0.1, 0.15) is 5.75 Å². The summed E-state index contributed by atoms with van der Waals surface area (Å²) in [5.41, 5.74) is 7.81. The third-order valence-electron chi connectivity index (χ3n) is 3.94. The molecule has 144 valence electrons. The Balaban J connectivity index is 3.10. The SMILES string of the molecule is C=CCC=CC=CC=C(CC=C)c1cc(OCCCCC)ccc1C(N)=O. The van der Waals surface area contributed by atoms with Crippen LogP contribution in [0, 0.1) is 0 Å². The minimum atomic E-state index is -0.452. The smallest absolute Gasteiger partial charge is 0.249 e. The number of carbonyl (C=O) groups excluding carboxylic acids is 1. The van der Waals surface area contributed by atoms with Gasteiger partial charge in [-0.2, -0.15) is 0 Å². The highest BCUT2D eigenvalue weighted by atomic mass is 16.5. The topological polar surface area (TPSA) is 52.3 Å². The molecule has 1 amide bonds. The molecular weight excluding hydrogens is 334 g/mol. The number of ether oxygens (including phenoxy) is 1. The van der Waals surface area contributed by atoms with Gasteiger partial charge in [-0.3, -0.25) is 4.79 Å². The second-order valence-electron chi connectivity index (χ2n) is 6.15. The standard InChI is InChI=1S/C24H31NO2/c1-4-7-9-10-11-12-15-20(14-6-3)23-19-21(27-18-13-8-5-2)16-17-22(23)24(25)26/h4,6,9-12,15-17,19H,1,3,5,7-8,13-14,18H2,2H3,(H2,25,26). The predicted molar refractivity (Wildman–Crippen MR) is 116 cm³/mol. The van der Waals surface area contributed by atoms with Crippen LogP contribution in [0.25, 0.3) is 5.57 Å². The fraction of sp³-hybridized carbons (Fsp3) is 0.292. The summed E-state index contributed by atoms with van der Waals surface area (Å²) in [5.74, 6) is 0.295. The van der Waals surface area contributed by atoms with Crippen LogP contribution in [0.4, 0.5) is 0 Å². The van der Waals surface area contributed by atoms with Crippen LogP contribution < -0.4 is 10.5 Å². The van der Waals surface area contributed by atoms with E-state index in [1.54, 1.807) is 12.1 Å². The average molecular weight is 366 g/mol. The van der Waals surface area contributed by atoms with E-state index < -0.39 is 5.91 Å². The molecule has 0 saturated carbocycles. The maximum absolute atomic E-state index is 11.9. The van der Waals surface area contributed by atoms with E-state index in [1.165, 1.54) is 0 Å². The van der Waals surface area contributed by atoms with Crippen LogP contribution in [0.5, 0.6) is 5.75 Å². The van der Waals surface area contributed by atoms with Crippen LogP contribution in [0.1, 0.15) is 54.9 Å². The second kappa shape index (κ2) is 13.4. The Bertz CT molecular complexity index is 711. The van der Waals surface area contributed by atoms with Crippen molar-refractivity contribution in [2.45, 2.75) is 39.0 Å². The van der Waals surface area contributed by atoms with Crippen molar-refractivity contribution in [1.82, 2.24) is 0 Å². The number of primary amides is 1. The van der Waals surface area contributed by atoms with Gasteiger partial charge in [-0.05, 0) is 48.6 Å². The van der Waals surface area contributed by atoms with E-state index in [0.29, 0.717) is 18.6 Å². The first kappa shape index (κ1) is 22.2. The molecule has 0 bridgehead atoms. The molecule has 27 heavy (non-hydrogen) atoms. The number of unbranched alkanes of at least 4 members (excludes halogenated alkanes) is 2. The van der Waals surface area contributed by atoms with Gasteiger partial charge in [-0.1, -0.05) is 62.3 Å². The largest absolute Gasteiger partial charge is 0.494 e. The quantitative estimate of drug-likeness (QED) is 0.265. The summed E-state index contributed by atoms with van der Waals surface area (Å²) < 4.78 is 5.84. The summed E-state index contributed by atoms with van der Waals surface area (Å²) in [6.07, 6.45) is 18.3. The van der Waals surface area contributed by atoms with Crippen molar-refractivity contribution in [1.29, 1.82) is 0 Å². The summed E-state index contributed by atoms with van der Waals surface area (Å²) in [4.78, 5) is 11.9. The zero-order valence-electron chi connectivity index (χ0n) is 16.3. The van der Waals surface area contributed by atoms with Crippen molar-refractivity contribution >= 4 is 11.5 Å². The predicted octanol–water partition coefficient (Wildman–Crippen LogP) is 6.00. The molecule has 0 aliphatic carbocycles. The normalized spacial score (nSPS) is 11.8. The molecule has 0 aromatic heterocycles. The van der Waals surface area contributed by atoms with Crippen molar-refractivity contribution in [3.8, 4) is 5.75 Å². The van der Waals surface area contributed by atoms with Crippen molar-refractivity contribution in [2.75, 3.05) is 6.61 Å². The summed E-state index contributed by atoms with van der Waals surface area (Å²) in [6, 6.07) is 5.43. The molecule has 1 aromatic carbocycles. The van der Waals surface area contributed by atoms with Crippen molar-refractivity contribution in [2.24, 2.45) is 5.73 Å². The molecule has 0 spiro atoms. The molecule has 0 atom stereocenters. The van der Waals surface area contributed by atoms with E-state index in [2.05, 4.69) is 20.1 Å². The molecule has 0 aliphatic heterocycles. The summed E-state index contributed by atoms with van der Waals surface area (Å²) >= 11 is 0. The Morgan fingerprint density at radius 1 is 1.11 bits per heavy atom. The number of allylic oxidation sites excluding steroid dienone is 8. The van der Waals surface area contributed by atoms with Crippen LogP contribution in [0.2, 0.25) is 0 Å². The van der Waals surface area contributed by atoms with Crippen LogP contribution in [-0.2, 0) is 0 Å². The molecule has 3 nitrogen and oxygen atoms in total. The Kier molecular flexibility index (Phi) is 11.0. The number of benzene rings is 1. The third-order valence-corrected chi connectivity index (χ3v) is 3.94. The van der Waals surface area contributed by atoms with E-state index in [1.807, 2.05) is 48.6 Å². The number of carbonyl (C=O) groups is 1. The van der Waals surface area contributed by atoms with Crippen LogP contribution in [0.15, 0.2) is 73.9 Å². The number of rotatable bonds is 13. The van der Waals surface area contributed by atoms with Crippen LogP contribution in [0.3, 0.4) is 0 Å². The van der Waals surface area contributed by atoms with Gasteiger partial charge in [0.2, 0.25) is 5.91 Å². The molecule has 0 unspecified atom stereocenters. The van der Waals surface area contributed by atoms with Crippen molar-refractivity contribution < 1.29 is 9.53 Å². The molecule has 0 radical (unpaired) electrons. The summed E-state index contributed by atoms with van der Waals surface area (Å²) in [6.45, 7) is 10.3. The molecule has 0 saturated heterocycles. The molecule has 2 N–H and O–H groups in total. The number of amides is 1. The Morgan fingerprint density at radius 2 is 1.93 bits per heavy atom. The Morgan fingerprint density at radius 3 is 2.59 bits per heavy atom. The second-order valence-corrected chi connectivity index (χ2v) is 6.15.